The molecule has 10 heteroatoms. The number of carbonyl (C=O) groups is 1. The first-order valence-electron chi connectivity index (χ1n) is 10.1. The molecule has 3 aliphatic rings. The summed E-state index contributed by atoms with van der Waals surface area (Å²) in [5.41, 5.74) is 7.89. The van der Waals surface area contributed by atoms with Crippen molar-refractivity contribution in [3.8, 4) is 0 Å². The number of carbonyl (C=O) groups excluding carboxylic acids is 1. The van der Waals surface area contributed by atoms with Crippen LogP contribution in [0.5, 0.6) is 0 Å². The molecule has 1 fully saturated rings. The Morgan fingerprint density at radius 3 is 2.77 bits per heavy atom. The Labute approximate surface area is 179 Å². The zero-order valence-electron chi connectivity index (χ0n) is 16.6. The van der Waals surface area contributed by atoms with Crippen molar-refractivity contribution in [3.63, 3.8) is 0 Å². The van der Waals surface area contributed by atoms with Gasteiger partial charge in [0, 0.05) is 25.1 Å². The molecule has 5 N–H and O–H groups in total. The highest BCUT2D eigenvalue weighted by atomic mass is 32.2. The van der Waals surface area contributed by atoms with Crippen LogP contribution in [0.1, 0.15) is 23.5 Å². The number of fused-ring (bicyclic) bond motifs is 3. The summed E-state index contributed by atoms with van der Waals surface area (Å²) in [5, 5.41) is 8.68. The Bertz CT molecular complexity index is 1240. The van der Waals surface area contributed by atoms with Crippen LogP contribution < -0.4 is 16.2 Å². The van der Waals surface area contributed by atoms with Gasteiger partial charge in [0.2, 0.25) is 15.9 Å². The van der Waals surface area contributed by atoms with Crippen LogP contribution in [0.2, 0.25) is 0 Å². The van der Waals surface area contributed by atoms with Gasteiger partial charge < -0.3 is 11.1 Å². The molecule has 0 unspecified atom stereocenters. The van der Waals surface area contributed by atoms with E-state index < -0.39 is 10.0 Å². The van der Waals surface area contributed by atoms with Gasteiger partial charge in [-0.1, -0.05) is 24.3 Å². The van der Waals surface area contributed by atoms with Crippen molar-refractivity contribution in [2.24, 2.45) is 33.6 Å². The molecule has 5 rings (SSSR count). The number of nitrogens with two attached hydrogens (primary N) is 2. The first-order valence-corrected chi connectivity index (χ1v) is 11.6. The quantitative estimate of drug-likeness (QED) is 0.573. The molecule has 1 amide bonds. The van der Waals surface area contributed by atoms with Crippen molar-refractivity contribution >= 4 is 33.7 Å². The number of aliphatic imine (C=N–C) groups is 1. The number of nitrogens with zero attached hydrogens (tertiary/aromatic N) is 3. The van der Waals surface area contributed by atoms with Crippen molar-refractivity contribution in [1.29, 1.82) is 0 Å². The molecule has 2 bridgehead atoms. The number of hydrogen-bond acceptors (Lipinski definition) is 7. The Kier molecular flexibility index (Phi) is 4.63. The van der Waals surface area contributed by atoms with Crippen molar-refractivity contribution in [3.05, 3.63) is 53.5 Å². The third-order valence-corrected chi connectivity index (χ3v) is 7.10. The molecule has 31 heavy (non-hydrogen) atoms. The van der Waals surface area contributed by atoms with Gasteiger partial charge in [0.25, 0.3) is 0 Å². The molecule has 1 aromatic heterocycles. The second-order valence-corrected chi connectivity index (χ2v) is 9.78. The van der Waals surface area contributed by atoms with E-state index in [9.17, 15) is 13.2 Å². The smallest absolute Gasteiger partial charge is 0.238 e. The summed E-state index contributed by atoms with van der Waals surface area (Å²) in [5.74, 6) is 0.873. The third-order valence-electron chi connectivity index (χ3n) is 6.19. The molecule has 1 aromatic carbocycles. The van der Waals surface area contributed by atoms with Gasteiger partial charge in [-0.15, -0.1) is 0 Å². The van der Waals surface area contributed by atoms with Crippen molar-refractivity contribution < 1.29 is 13.2 Å². The van der Waals surface area contributed by atoms with E-state index in [-0.39, 0.29) is 34.6 Å². The zero-order chi connectivity index (χ0) is 21.8. The van der Waals surface area contributed by atoms with Gasteiger partial charge in [-0.2, -0.15) is 0 Å². The van der Waals surface area contributed by atoms with E-state index in [1.807, 2.05) is 0 Å². The fourth-order valence-electron chi connectivity index (χ4n) is 4.81. The molecule has 4 atom stereocenters. The SMILES string of the molecule is NC(=O)[C@@H]1[C@H](Nc2nc(Cc3cccc(S(N)(=O)=O)c3)nc3c2N=CC3)[C@@H]2C=C[C@H]1C2. The molecule has 1 aliphatic heterocycles. The number of hydrogen-bond donors (Lipinski definition) is 3. The summed E-state index contributed by atoms with van der Waals surface area (Å²) < 4.78 is 23.3. The van der Waals surface area contributed by atoms with Crippen molar-refractivity contribution in [2.45, 2.75) is 30.2 Å². The first kappa shape index (κ1) is 19.8. The fourth-order valence-corrected chi connectivity index (χ4v) is 5.40. The molecule has 2 aliphatic carbocycles. The molecule has 0 spiro atoms. The van der Waals surface area contributed by atoms with Gasteiger partial charge in [-0.05, 0) is 36.0 Å². The average molecular weight is 439 g/mol. The predicted molar refractivity (Wildman–Crippen MR) is 115 cm³/mol. The lowest BCUT2D eigenvalue weighted by Gasteiger charge is -2.27. The molecule has 1 saturated carbocycles. The highest BCUT2D eigenvalue weighted by Crippen LogP contribution is 2.45. The van der Waals surface area contributed by atoms with E-state index in [0.29, 0.717) is 30.2 Å². The standard InChI is InChI=1S/C21H22N6O3S/c22-20(28)17-12-4-5-13(10-12)18(17)27-21-19-15(6-7-24-19)25-16(26-21)9-11-2-1-3-14(8-11)31(23,29)30/h1-5,7-8,12-13,17-18H,6,9-10H2,(H2,22,28)(H2,23,29,30)(H,25,26,27)/t12-,13+,17-,18+/m0/s1. The van der Waals surface area contributed by atoms with Gasteiger partial charge >= 0.3 is 0 Å². The first-order chi connectivity index (χ1) is 14.8. The summed E-state index contributed by atoms with van der Waals surface area (Å²) in [7, 11) is -3.79. The number of benzene rings is 1. The average Bonchev–Trinajstić information content (AvgIpc) is 3.43. The lowest BCUT2D eigenvalue weighted by Crippen LogP contribution is -2.41. The maximum Gasteiger partial charge on any atom is 0.238 e. The minimum absolute atomic E-state index is 0.0471. The predicted octanol–water partition coefficient (Wildman–Crippen LogP) is 1.06. The van der Waals surface area contributed by atoms with Crippen LogP contribution in [0, 0.1) is 17.8 Å². The van der Waals surface area contributed by atoms with Crippen LogP contribution >= 0.6 is 0 Å². The van der Waals surface area contributed by atoms with Crippen molar-refractivity contribution in [2.75, 3.05) is 5.32 Å². The third kappa shape index (κ3) is 3.61. The normalized spacial score (nSPS) is 25.7. The molecule has 0 saturated heterocycles. The van der Waals surface area contributed by atoms with Crippen LogP contribution in [0.4, 0.5) is 11.5 Å². The van der Waals surface area contributed by atoms with Crippen LogP contribution in [0.3, 0.4) is 0 Å². The van der Waals surface area contributed by atoms with Crippen LogP contribution in [-0.4, -0.2) is 36.5 Å². The molecule has 160 valence electrons. The number of aromatic nitrogens is 2. The number of sulfonamides is 1. The van der Waals surface area contributed by atoms with Gasteiger partial charge in [0.1, 0.15) is 11.5 Å². The van der Waals surface area contributed by atoms with E-state index in [2.05, 4.69) is 32.4 Å². The minimum atomic E-state index is -3.79. The number of primary sulfonamides is 1. The molecule has 2 aromatic rings. The monoisotopic (exact) mass is 438 g/mol. The van der Waals surface area contributed by atoms with E-state index in [1.165, 1.54) is 12.1 Å². The summed E-state index contributed by atoms with van der Waals surface area (Å²) in [6.07, 6.45) is 7.81. The number of amides is 1. The molecule has 9 nitrogen and oxygen atoms in total. The fraction of sp³-hybridized carbons (Fsp3) is 0.333. The number of primary amides is 1. The van der Waals surface area contributed by atoms with E-state index >= 15 is 0 Å². The summed E-state index contributed by atoms with van der Waals surface area (Å²) >= 11 is 0. The van der Waals surface area contributed by atoms with E-state index in [1.54, 1.807) is 18.3 Å². The Morgan fingerprint density at radius 1 is 1.19 bits per heavy atom. The van der Waals surface area contributed by atoms with Gasteiger partial charge in [0.15, 0.2) is 5.82 Å². The van der Waals surface area contributed by atoms with Crippen LogP contribution in [-0.2, 0) is 27.7 Å². The number of anilines is 1. The molecular formula is C21H22N6O3S. The van der Waals surface area contributed by atoms with Crippen LogP contribution in [0.25, 0.3) is 0 Å². The highest BCUT2D eigenvalue weighted by molar-refractivity contribution is 7.89. The maximum absolute atomic E-state index is 12.1. The topological polar surface area (TPSA) is 153 Å². The second-order valence-electron chi connectivity index (χ2n) is 8.22. The second kappa shape index (κ2) is 7.24. The Morgan fingerprint density at radius 2 is 2.00 bits per heavy atom. The number of allylic oxidation sites excluding steroid dienone is 1. The molecule has 2 heterocycles. The lowest BCUT2D eigenvalue weighted by molar-refractivity contribution is -0.122. The Hall–Kier alpha value is -3.11. The molecule has 0 radical (unpaired) electrons. The largest absolute Gasteiger partial charge is 0.369 e. The van der Waals surface area contributed by atoms with Crippen LogP contribution in [0.15, 0.2) is 46.3 Å². The molecular weight excluding hydrogens is 416 g/mol. The summed E-state index contributed by atoms with van der Waals surface area (Å²) in [6.45, 7) is 0. The minimum Gasteiger partial charge on any atom is -0.369 e. The Balaban J connectivity index is 1.47. The van der Waals surface area contributed by atoms with Gasteiger partial charge in [-0.3, -0.25) is 9.79 Å². The highest BCUT2D eigenvalue weighted by Gasteiger charge is 2.47. The van der Waals surface area contributed by atoms with E-state index in [0.717, 1.165) is 17.7 Å². The van der Waals surface area contributed by atoms with Gasteiger partial charge in [0.05, 0.1) is 16.5 Å². The maximum atomic E-state index is 12.1. The number of nitrogens with one attached hydrogen (secondary N) is 1. The summed E-state index contributed by atoms with van der Waals surface area (Å²) in [4.78, 5) is 25.8. The lowest BCUT2D eigenvalue weighted by atomic mass is 9.88. The van der Waals surface area contributed by atoms with Crippen molar-refractivity contribution in [1.82, 2.24) is 9.97 Å². The summed E-state index contributed by atoms with van der Waals surface area (Å²) in [6, 6.07) is 6.29. The zero-order valence-corrected chi connectivity index (χ0v) is 17.4. The van der Waals surface area contributed by atoms with Gasteiger partial charge in [-0.25, -0.2) is 23.5 Å². The van der Waals surface area contributed by atoms with E-state index in [4.69, 9.17) is 10.9 Å². The number of rotatable bonds is 6.